The van der Waals surface area contributed by atoms with Crippen molar-refractivity contribution in [2.75, 3.05) is 13.7 Å². The van der Waals surface area contributed by atoms with Crippen molar-refractivity contribution in [3.63, 3.8) is 0 Å². The third-order valence-electron chi connectivity index (χ3n) is 3.02. The Bertz CT molecular complexity index is 470. The van der Waals surface area contributed by atoms with E-state index in [0.717, 1.165) is 13.8 Å². The average Bonchev–Trinajstić information content (AvgIpc) is 2.48. The molecule has 0 amide bonds. The van der Waals surface area contributed by atoms with Crippen LogP contribution in [0.4, 0.5) is 0 Å². The van der Waals surface area contributed by atoms with Crippen LogP contribution in [-0.2, 0) is 38.1 Å². The Morgan fingerprint density at radius 1 is 1.12 bits per heavy atom. The normalized spacial score (nSPS) is 29.9. The second kappa shape index (κ2) is 9.38. The Hall–Kier alpha value is -1.13. The molecule has 138 valence electrons. The van der Waals surface area contributed by atoms with Crippen molar-refractivity contribution in [2.24, 2.45) is 0 Å². The zero-order chi connectivity index (χ0) is 18.4. The standard InChI is InChI=1S/C13H18Cl2O9/c1-5(16)22-9-8(18)7(4-21-12(19)11(14)15)24-13(20-3)10(9)23-6(2)17/h7-11,13,18H,4H2,1-3H3/t7-,8-,9+,10-,13-/m1/s1. The number of ether oxygens (including phenoxy) is 5. The van der Waals surface area contributed by atoms with Crippen LogP contribution in [0.25, 0.3) is 0 Å². The molecule has 1 saturated heterocycles. The van der Waals surface area contributed by atoms with Crippen LogP contribution in [0.3, 0.4) is 0 Å². The minimum atomic E-state index is -1.46. The maximum Gasteiger partial charge on any atom is 0.339 e. The maximum atomic E-state index is 11.3. The van der Waals surface area contributed by atoms with Gasteiger partial charge in [0, 0.05) is 21.0 Å². The Labute approximate surface area is 148 Å². The molecular formula is C13H18Cl2O9. The number of esters is 3. The number of carbonyl (C=O) groups excluding carboxylic acids is 3. The molecule has 1 rings (SSSR count). The summed E-state index contributed by atoms with van der Waals surface area (Å²) in [4.78, 5) is 32.4. The molecule has 0 saturated carbocycles. The topological polar surface area (TPSA) is 118 Å². The number of halogens is 2. The van der Waals surface area contributed by atoms with Crippen LogP contribution in [0.5, 0.6) is 0 Å². The van der Waals surface area contributed by atoms with Crippen molar-refractivity contribution in [2.45, 2.75) is 49.4 Å². The summed E-state index contributed by atoms with van der Waals surface area (Å²) in [5, 5.41) is 10.3. The van der Waals surface area contributed by atoms with Gasteiger partial charge in [-0.25, -0.2) is 4.79 Å². The molecule has 0 aromatic carbocycles. The summed E-state index contributed by atoms with van der Waals surface area (Å²) in [5.41, 5.74) is 0. The predicted molar refractivity (Wildman–Crippen MR) is 79.2 cm³/mol. The molecule has 0 aromatic heterocycles. The maximum absolute atomic E-state index is 11.3. The number of aliphatic hydroxyl groups is 1. The van der Waals surface area contributed by atoms with Gasteiger partial charge in [0.2, 0.25) is 4.84 Å². The van der Waals surface area contributed by atoms with Gasteiger partial charge < -0.3 is 28.8 Å². The van der Waals surface area contributed by atoms with Gasteiger partial charge in [-0.05, 0) is 0 Å². The summed E-state index contributed by atoms with van der Waals surface area (Å²) in [6.45, 7) is 1.83. The molecule has 9 nitrogen and oxygen atoms in total. The van der Waals surface area contributed by atoms with Gasteiger partial charge in [-0.2, -0.15) is 0 Å². The van der Waals surface area contributed by atoms with E-state index in [4.69, 9.17) is 46.9 Å². The van der Waals surface area contributed by atoms with Crippen LogP contribution in [0.1, 0.15) is 13.8 Å². The molecule has 1 fully saturated rings. The first kappa shape index (κ1) is 20.9. The Morgan fingerprint density at radius 2 is 1.67 bits per heavy atom. The SMILES string of the molecule is CO[C@@H]1O[C@H](COC(=O)C(Cl)Cl)[C@@H](O)[C@H](OC(C)=O)[C@H]1OC(C)=O. The fourth-order valence-electron chi connectivity index (χ4n) is 2.09. The van der Waals surface area contributed by atoms with Gasteiger partial charge in [-0.3, -0.25) is 9.59 Å². The van der Waals surface area contributed by atoms with Crippen LogP contribution < -0.4 is 0 Å². The molecule has 11 heteroatoms. The van der Waals surface area contributed by atoms with Crippen molar-refractivity contribution in [1.29, 1.82) is 0 Å². The number of rotatable bonds is 6. The second-order valence-electron chi connectivity index (χ2n) is 4.85. The van der Waals surface area contributed by atoms with E-state index >= 15 is 0 Å². The number of methoxy groups -OCH3 is 1. The van der Waals surface area contributed by atoms with Crippen molar-refractivity contribution < 1.29 is 43.2 Å². The molecular weight excluding hydrogens is 371 g/mol. The Morgan fingerprint density at radius 3 is 2.12 bits per heavy atom. The summed E-state index contributed by atoms with van der Waals surface area (Å²) < 4.78 is 25.3. The minimum absolute atomic E-state index is 0.430. The smallest absolute Gasteiger partial charge is 0.339 e. The number of alkyl halides is 2. The van der Waals surface area contributed by atoms with E-state index in [-0.39, 0.29) is 0 Å². The highest BCUT2D eigenvalue weighted by atomic mass is 35.5. The first-order valence-electron chi connectivity index (χ1n) is 6.83. The summed E-state index contributed by atoms with van der Waals surface area (Å²) in [6.07, 6.45) is -6.22. The van der Waals surface area contributed by atoms with Crippen molar-refractivity contribution in [1.82, 2.24) is 0 Å². The molecule has 0 radical (unpaired) electrons. The lowest BCUT2D eigenvalue weighted by Crippen LogP contribution is -2.61. The molecule has 1 aliphatic heterocycles. The highest BCUT2D eigenvalue weighted by Gasteiger charge is 2.50. The lowest BCUT2D eigenvalue weighted by atomic mass is 9.98. The Kier molecular flexibility index (Phi) is 8.17. The molecule has 1 aliphatic rings. The van der Waals surface area contributed by atoms with Gasteiger partial charge in [0.15, 0.2) is 18.5 Å². The van der Waals surface area contributed by atoms with Crippen LogP contribution in [-0.4, -0.2) is 72.3 Å². The predicted octanol–water partition coefficient (Wildman–Crippen LogP) is -0.0711. The Balaban J connectivity index is 2.92. The lowest BCUT2D eigenvalue weighted by Gasteiger charge is -2.42. The molecule has 1 heterocycles. The minimum Gasteiger partial charge on any atom is -0.461 e. The van der Waals surface area contributed by atoms with E-state index in [1.165, 1.54) is 7.11 Å². The molecule has 0 aromatic rings. The van der Waals surface area contributed by atoms with Crippen LogP contribution >= 0.6 is 23.2 Å². The average molecular weight is 389 g/mol. The molecule has 0 unspecified atom stereocenters. The van der Waals surface area contributed by atoms with Gasteiger partial charge in [-0.1, -0.05) is 23.2 Å². The van der Waals surface area contributed by atoms with E-state index in [2.05, 4.69) is 0 Å². The largest absolute Gasteiger partial charge is 0.461 e. The molecule has 0 spiro atoms. The summed E-state index contributed by atoms with van der Waals surface area (Å²) >= 11 is 10.7. The molecule has 5 atom stereocenters. The van der Waals surface area contributed by atoms with E-state index in [1.54, 1.807) is 0 Å². The van der Waals surface area contributed by atoms with E-state index in [9.17, 15) is 19.5 Å². The zero-order valence-electron chi connectivity index (χ0n) is 13.1. The van der Waals surface area contributed by atoms with E-state index < -0.39 is 60.1 Å². The van der Waals surface area contributed by atoms with Crippen LogP contribution in [0, 0.1) is 0 Å². The summed E-state index contributed by atoms with van der Waals surface area (Å²) in [7, 11) is 1.26. The van der Waals surface area contributed by atoms with E-state index in [1.807, 2.05) is 0 Å². The van der Waals surface area contributed by atoms with Gasteiger partial charge in [0.05, 0.1) is 0 Å². The molecule has 1 N–H and O–H groups in total. The van der Waals surface area contributed by atoms with Crippen LogP contribution in [0.15, 0.2) is 0 Å². The summed E-state index contributed by atoms with van der Waals surface area (Å²) in [6, 6.07) is 0. The zero-order valence-corrected chi connectivity index (χ0v) is 14.7. The lowest BCUT2D eigenvalue weighted by molar-refractivity contribution is -0.300. The number of hydrogen-bond acceptors (Lipinski definition) is 9. The van der Waals surface area contributed by atoms with Gasteiger partial charge in [-0.15, -0.1) is 0 Å². The molecule has 0 bridgehead atoms. The first-order valence-corrected chi connectivity index (χ1v) is 7.70. The van der Waals surface area contributed by atoms with Crippen molar-refractivity contribution in [3.05, 3.63) is 0 Å². The van der Waals surface area contributed by atoms with E-state index in [0.29, 0.717) is 0 Å². The fraction of sp³-hybridized carbons (Fsp3) is 0.769. The summed E-state index contributed by atoms with van der Waals surface area (Å²) in [5.74, 6) is -2.34. The number of aliphatic hydroxyl groups excluding tert-OH is 1. The van der Waals surface area contributed by atoms with Crippen molar-refractivity contribution >= 4 is 41.1 Å². The van der Waals surface area contributed by atoms with Crippen LogP contribution in [0.2, 0.25) is 0 Å². The van der Waals surface area contributed by atoms with Gasteiger partial charge >= 0.3 is 17.9 Å². The first-order chi connectivity index (χ1) is 11.2. The number of hydrogen-bond donors (Lipinski definition) is 1. The van der Waals surface area contributed by atoms with Gasteiger partial charge in [0.1, 0.15) is 18.8 Å². The third-order valence-corrected chi connectivity index (χ3v) is 3.38. The van der Waals surface area contributed by atoms with Crippen molar-refractivity contribution in [3.8, 4) is 0 Å². The van der Waals surface area contributed by atoms with Gasteiger partial charge in [0.25, 0.3) is 0 Å². The third kappa shape index (κ3) is 5.75. The quantitative estimate of drug-likeness (QED) is 0.378. The highest BCUT2D eigenvalue weighted by molar-refractivity contribution is 6.52. The fourth-order valence-corrected chi connectivity index (χ4v) is 2.21. The monoisotopic (exact) mass is 388 g/mol. The number of carbonyl (C=O) groups is 3. The molecule has 0 aliphatic carbocycles. The highest BCUT2D eigenvalue weighted by Crippen LogP contribution is 2.27. The second-order valence-corrected chi connectivity index (χ2v) is 5.94. The molecule has 24 heavy (non-hydrogen) atoms.